The van der Waals surface area contributed by atoms with Crippen LogP contribution in [0, 0.1) is 0 Å². The van der Waals surface area contributed by atoms with Crippen LogP contribution in [0.15, 0.2) is 59.1 Å². The number of thioether (sulfide) groups is 1. The van der Waals surface area contributed by atoms with Crippen LogP contribution in [0.5, 0.6) is 0 Å². The summed E-state index contributed by atoms with van der Waals surface area (Å²) in [5.74, 6) is 0.556. The van der Waals surface area contributed by atoms with Crippen LogP contribution in [-0.4, -0.2) is 20.1 Å². The molecule has 0 spiro atoms. The summed E-state index contributed by atoms with van der Waals surface area (Å²) in [6.45, 7) is 0.610. The predicted molar refractivity (Wildman–Crippen MR) is 95.1 cm³/mol. The van der Waals surface area contributed by atoms with Gasteiger partial charge >= 0.3 is 0 Å². The SMILES string of the molecule is OC1(c2ccc(Br)cc2)CSC(=S)N1Cc1ccccc1. The minimum Gasteiger partial charge on any atom is -0.366 e. The van der Waals surface area contributed by atoms with Crippen molar-refractivity contribution in [2.24, 2.45) is 0 Å². The molecule has 1 saturated heterocycles. The molecule has 5 heteroatoms. The van der Waals surface area contributed by atoms with Crippen LogP contribution >= 0.6 is 39.9 Å². The summed E-state index contributed by atoms with van der Waals surface area (Å²) in [5, 5.41) is 11.1. The molecule has 1 atom stereocenters. The van der Waals surface area contributed by atoms with Crippen LogP contribution in [0.2, 0.25) is 0 Å². The Kier molecular flexibility index (Phi) is 4.36. The van der Waals surface area contributed by atoms with Crippen molar-refractivity contribution in [3.63, 3.8) is 0 Å². The van der Waals surface area contributed by atoms with Crippen molar-refractivity contribution in [3.05, 3.63) is 70.2 Å². The quantitative estimate of drug-likeness (QED) is 0.809. The summed E-state index contributed by atoms with van der Waals surface area (Å²) in [5.41, 5.74) is 0.963. The van der Waals surface area contributed by atoms with E-state index in [4.69, 9.17) is 12.2 Å². The lowest BCUT2D eigenvalue weighted by Gasteiger charge is -2.34. The Morgan fingerprint density at radius 3 is 2.48 bits per heavy atom. The largest absolute Gasteiger partial charge is 0.366 e. The second kappa shape index (κ2) is 6.08. The number of nitrogens with zero attached hydrogens (tertiary/aromatic N) is 1. The molecule has 1 N–H and O–H groups in total. The standard InChI is InChI=1S/C16H14BrNOS2/c17-14-8-6-13(7-9-14)16(19)11-21-15(20)18(16)10-12-4-2-1-3-5-12/h1-9,19H,10-11H2. The van der Waals surface area contributed by atoms with Crippen molar-refractivity contribution in [2.45, 2.75) is 12.3 Å². The Labute approximate surface area is 142 Å². The van der Waals surface area contributed by atoms with Crippen LogP contribution in [0.4, 0.5) is 0 Å². The Morgan fingerprint density at radius 1 is 1.14 bits per heavy atom. The molecule has 1 heterocycles. The second-order valence-electron chi connectivity index (χ2n) is 4.95. The highest BCUT2D eigenvalue weighted by molar-refractivity contribution is 9.10. The third kappa shape index (κ3) is 3.01. The van der Waals surface area contributed by atoms with Crippen molar-refractivity contribution in [1.29, 1.82) is 0 Å². The maximum Gasteiger partial charge on any atom is 0.175 e. The van der Waals surface area contributed by atoms with Crippen LogP contribution < -0.4 is 0 Å². The summed E-state index contributed by atoms with van der Waals surface area (Å²) >= 11 is 10.4. The topological polar surface area (TPSA) is 23.5 Å². The molecule has 0 saturated carbocycles. The van der Waals surface area contributed by atoms with E-state index in [9.17, 15) is 5.11 Å². The van der Waals surface area contributed by atoms with Crippen LogP contribution in [0.3, 0.4) is 0 Å². The Morgan fingerprint density at radius 2 is 1.81 bits per heavy atom. The average molecular weight is 380 g/mol. The van der Waals surface area contributed by atoms with Crippen LogP contribution in [0.1, 0.15) is 11.1 Å². The van der Waals surface area contributed by atoms with Crippen LogP contribution in [-0.2, 0) is 12.3 Å². The molecule has 2 nitrogen and oxygen atoms in total. The second-order valence-corrected chi connectivity index (χ2v) is 7.47. The van der Waals surface area contributed by atoms with Gasteiger partial charge in [-0.15, -0.1) is 0 Å². The minimum absolute atomic E-state index is 0.556. The van der Waals surface area contributed by atoms with Gasteiger partial charge in [-0.3, -0.25) is 0 Å². The van der Waals surface area contributed by atoms with E-state index in [1.54, 1.807) is 0 Å². The lowest BCUT2D eigenvalue weighted by atomic mass is 10.0. The highest BCUT2D eigenvalue weighted by Gasteiger charge is 2.43. The van der Waals surface area contributed by atoms with Gasteiger partial charge in [-0.05, 0) is 17.7 Å². The van der Waals surface area contributed by atoms with Gasteiger partial charge in [-0.2, -0.15) is 0 Å². The first-order valence-corrected chi connectivity index (χ1v) is 8.75. The van der Waals surface area contributed by atoms with E-state index < -0.39 is 5.72 Å². The molecule has 1 fully saturated rings. The molecular formula is C16H14BrNOS2. The van der Waals surface area contributed by atoms with Crippen molar-refractivity contribution < 1.29 is 5.11 Å². The first-order valence-electron chi connectivity index (χ1n) is 6.56. The van der Waals surface area contributed by atoms with Gasteiger partial charge in [-0.1, -0.05) is 82.4 Å². The fraction of sp³-hybridized carbons (Fsp3) is 0.188. The molecule has 1 unspecified atom stereocenters. The predicted octanol–water partition coefficient (Wildman–Crippen LogP) is 4.13. The van der Waals surface area contributed by atoms with Crippen molar-refractivity contribution in [2.75, 3.05) is 5.75 Å². The van der Waals surface area contributed by atoms with Crippen LogP contribution in [0.25, 0.3) is 0 Å². The van der Waals surface area contributed by atoms with Crippen molar-refractivity contribution in [1.82, 2.24) is 4.90 Å². The molecule has 0 radical (unpaired) electrons. The fourth-order valence-corrected chi connectivity index (χ4v) is 4.06. The summed E-state index contributed by atoms with van der Waals surface area (Å²) in [4.78, 5) is 1.91. The number of aliphatic hydroxyl groups is 1. The maximum absolute atomic E-state index is 11.1. The molecule has 108 valence electrons. The first-order chi connectivity index (χ1) is 10.1. The molecule has 0 aliphatic carbocycles. The van der Waals surface area contributed by atoms with E-state index in [1.807, 2.05) is 59.5 Å². The summed E-state index contributed by atoms with van der Waals surface area (Å²) in [6, 6.07) is 17.9. The summed E-state index contributed by atoms with van der Waals surface area (Å²) < 4.78 is 1.74. The molecule has 1 aliphatic rings. The number of benzene rings is 2. The van der Waals surface area contributed by atoms with Gasteiger partial charge < -0.3 is 10.0 Å². The number of rotatable bonds is 3. The number of hydrogen-bond acceptors (Lipinski definition) is 3. The van der Waals surface area contributed by atoms with E-state index >= 15 is 0 Å². The minimum atomic E-state index is -1.04. The lowest BCUT2D eigenvalue weighted by Crippen LogP contribution is -2.43. The maximum atomic E-state index is 11.1. The third-order valence-electron chi connectivity index (χ3n) is 3.55. The van der Waals surface area contributed by atoms with Gasteiger partial charge in [0.05, 0.1) is 5.75 Å². The number of halogens is 1. The zero-order valence-electron chi connectivity index (χ0n) is 11.2. The number of thiocarbonyl (C=S) groups is 1. The first kappa shape index (κ1) is 15.0. The molecule has 0 amide bonds. The van der Waals surface area contributed by atoms with E-state index in [0.29, 0.717) is 12.3 Å². The summed E-state index contributed by atoms with van der Waals surface area (Å²) in [7, 11) is 0. The Balaban J connectivity index is 1.93. The van der Waals surface area contributed by atoms with E-state index in [1.165, 1.54) is 11.8 Å². The molecule has 0 aromatic heterocycles. The van der Waals surface area contributed by atoms with E-state index in [2.05, 4.69) is 15.9 Å². The van der Waals surface area contributed by atoms with Gasteiger partial charge in [0.15, 0.2) is 5.72 Å². The van der Waals surface area contributed by atoms with Crippen molar-refractivity contribution in [3.8, 4) is 0 Å². The van der Waals surface area contributed by atoms with Gasteiger partial charge in [-0.25, -0.2) is 0 Å². The fourth-order valence-electron chi connectivity index (χ4n) is 2.39. The normalized spacial score (nSPS) is 21.8. The highest BCUT2D eigenvalue weighted by atomic mass is 79.9. The number of hydrogen-bond donors (Lipinski definition) is 1. The molecule has 2 aromatic rings. The molecule has 2 aromatic carbocycles. The van der Waals surface area contributed by atoms with Gasteiger partial charge in [0.25, 0.3) is 0 Å². The van der Waals surface area contributed by atoms with E-state index in [-0.39, 0.29) is 0 Å². The molecule has 3 rings (SSSR count). The monoisotopic (exact) mass is 379 g/mol. The van der Waals surface area contributed by atoms with Gasteiger partial charge in [0.2, 0.25) is 0 Å². The summed E-state index contributed by atoms with van der Waals surface area (Å²) in [6.07, 6.45) is 0. The molecule has 21 heavy (non-hydrogen) atoms. The average Bonchev–Trinajstić information content (AvgIpc) is 2.78. The molecule has 0 bridgehead atoms. The van der Waals surface area contributed by atoms with E-state index in [0.717, 1.165) is 19.9 Å². The molecule has 1 aliphatic heterocycles. The zero-order chi connectivity index (χ0) is 14.9. The zero-order valence-corrected chi connectivity index (χ0v) is 14.4. The molecular weight excluding hydrogens is 366 g/mol. The van der Waals surface area contributed by atoms with Crippen molar-refractivity contribution >= 4 is 44.2 Å². The lowest BCUT2D eigenvalue weighted by molar-refractivity contribution is -0.0508. The smallest absolute Gasteiger partial charge is 0.175 e. The third-order valence-corrected chi connectivity index (χ3v) is 5.67. The van der Waals surface area contributed by atoms with Gasteiger partial charge in [0.1, 0.15) is 4.32 Å². The Hall–Kier alpha value is -0.880. The van der Waals surface area contributed by atoms with Gasteiger partial charge in [0, 0.05) is 16.6 Å². The Bertz CT molecular complexity index is 647. The highest BCUT2D eigenvalue weighted by Crippen LogP contribution is 2.40.